The number of rotatable bonds is 5. The summed E-state index contributed by atoms with van der Waals surface area (Å²) in [5.74, 6) is 0.319. The van der Waals surface area contributed by atoms with Crippen molar-refractivity contribution in [2.45, 2.75) is 13.5 Å². The van der Waals surface area contributed by atoms with E-state index in [2.05, 4.69) is 10.4 Å². The van der Waals surface area contributed by atoms with Gasteiger partial charge < -0.3 is 0 Å². The van der Waals surface area contributed by atoms with Gasteiger partial charge in [0.25, 0.3) is 0 Å². The summed E-state index contributed by atoms with van der Waals surface area (Å²) in [6, 6.07) is 21.4. The van der Waals surface area contributed by atoms with Crippen molar-refractivity contribution in [1.29, 1.82) is 0 Å². The molecule has 10 heteroatoms. The molecule has 184 valence electrons. The average molecular weight is 551 g/mol. The van der Waals surface area contributed by atoms with Crippen LogP contribution in [0.3, 0.4) is 0 Å². The van der Waals surface area contributed by atoms with Crippen LogP contribution < -0.4 is 10.00 Å². The first-order valence-electron chi connectivity index (χ1n) is 11.4. The SMILES string of the molecule is Cc1cc(NC(=O)c2sc3cc(Cl)ccc3c2Cl)[n+](-c2nc3ccccc3n2Cc2ccccc2F)[nH]1. The summed E-state index contributed by atoms with van der Waals surface area (Å²) in [5, 5.41) is 7.93. The molecule has 3 heterocycles. The van der Waals surface area contributed by atoms with Crippen molar-refractivity contribution in [3.63, 3.8) is 0 Å². The summed E-state index contributed by atoms with van der Waals surface area (Å²) in [6.07, 6.45) is 0. The van der Waals surface area contributed by atoms with E-state index in [0.29, 0.717) is 32.3 Å². The molecule has 0 spiro atoms. The zero-order valence-corrected chi connectivity index (χ0v) is 21.8. The maximum atomic E-state index is 14.6. The number of aromatic nitrogens is 4. The largest absolute Gasteiger partial charge is 0.377 e. The highest BCUT2D eigenvalue weighted by molar-refractivity contribution is 7.21. The molecule has 0 aliphatic carbocycles. The number of amides is 1. The van der Waals surface area contributed by atoms with Crippen molar-refractivity contribution in [2.75, 3.05) is 5.32 Å². The molecule has 2 N–H and O–H groups in total. The number of hydrogen-bond acceptors (Lipinski definition) is 3. The maximum Gasteiger partial charge on any atom is 0.377 e. The lowest BCUT2D eigenvalue weighted by atomic mass is 10.2. The first-order valence-corrected chi connectivity index (χ1v) is 13.0. The van der Waals surface area contributed by atoms with Crippen molar-refractivity contribution in [2.24, 2.45) is 0 Å². The number of H-pyrrole nitrogens is 1. The summed E-state index contributed by atoms with van der Waals surface area (Å²) < 4.78 is 19.0. The van der Waals surface area contributed by atoms with E-state index in [1.54, 1.807) is 41.1 Å². The van der Waals surface area contributed by atoms with Crippen LogP contribution in [0.1, 0.15) is 20.9 Å². The third-order valence-electron chi connectivity index (χ3n) is 6.04. The summed E-state index contributed by atoms with van der Waals surface area (Å²) in [6.45, 7) is 2.13. The Labute approximate surface area is 224 Å². The van der Waals surface area contributed by atoms with E-state index in [9.17, 15) is 9.18 Å². The van der Waals surface area contributed by atoms with Gasteiger partial charge in [0.1, 0.15) is 16.2 Å². The number of fused-ring (bicyclic) bond motifs is 2. The van der Waals surface area contributed by atoms with Crippen LogP contribution in [0.2, 0.25) is 10.0 Å². The number of nitrogens with zero attached hydrogens (tertiary/aromatic N) is 3. The summed E-state index contributed by atoms with van der Waals surface area (Å²) in [7, 11) is 0. The fraction of sp³-hybridized carbons (Fsp3) is 0.0741. The number of nitrogens with one attached hydrogen (secondary N) is 2. The molecular weight excluding hydrogens is 532 g/mol. The Morgan fingerprint density at radius 3 is 2.73 bits per heavy atom. The van der Waals surface area contributed by atoms with Crippen LogP contribution in [0, 0.1) is 12.7 Å². The van der Waals surface area contributed by atoms with Crippen LogP contribution in [-0.4, -0.2) is 20.6 Å². The second-order valence-electron chi connectivity index (χ2n) is 8.58. The van der Waals surface area contributed by atoms with E-state index < -0.39 is 0 Å². The van der Waals surface area contributed by atoms with E-state index in [1.165, 1.54) is 17.4 Å². The van der Waals surface area contributed by atoms with Crippen molar-refractivity contribution in [1.82, 2.24) is 14.6 Å². The summed E-state index contributed by atoms with van der Waals surface area (Å²) in [4.78, 5) is 18.5. The zero-order chi connectivity index (χ0) is 25.7. The number of aromatic amines is 1. The van der Waals surface area contributed by atoms with Gasteiger partial charge in [0.15, 0.2) is 5.52 Å². The summed E-state index contributed by atoms with van der Waals surface area (Å²) >= 11 is 13.9. The smallest absolute Gasteiger partial charge is 0.258 e. The van der Waals surface area contributed by atoms with Crippen LogP contribution in [0.15, 0.2) is 72.8 Å². The van der Waals surface area contributed by atoms with E-state index in [-0.39, 0.29) is 18.3 Å². The summed E-state index contributed by atoms with van der Waals surface area (Å²) in [5.41, 5.74) is 2.91. The number of halogens is 3. The Morgan fingerprint density at radius 1 is 1.11 bits per heavy atom. The molecule has 3 aromatic heterocycles. The predicted octanol–water partition coefficient (Wildman–Crippen LogP) is 6.91. The first kappa shape index (κ1) is 23.7. The van der Waals surface area contributed by atoms with E-state index in [4.69, 9.17) is 28.2 Å². The van der Waals surface area contributed by atoms with Crippen LogP contribution in [0.5, 0.6) is 0 Å². The molecular formula is C27H19Cl2FN5OS+. The van der Waals surface area contributed by atoms with Gasteiger partial charge in [0, 0.05) is 32.4 Å². The molecule has 0 radical (unpaired) electrons. The highest BCUT2D eigenvalue weighted by Gasteiger charge is 2.27. The Hall–Kier alpha value is -3.72. The van der Waals surface area contributed by atoms with Gasteiger partial charge >= 0.3 is 11.9 Å². The highest BCUT2D eigenvalue weighted by atomic mass is 35.5. The van der Waals surface area contributed by atoms with Gasteiger partial charge in [-0.25, -0.2) is 8.96 Å². The van der Waals surface area contributed by atoms with Crippen molar-refractivity contribution in [3.8, 4) is 5.95 Å². The molecule has 3 aromatic carbocycles. The van der Waals surface area contributed by atoms with Crippen molar-refractivity contribution < 1.29 is 13.9 Å². The monoisotopic (exact) mass is 550 g/mol. The number of carbonyl (C=O) groups is 1. The number of anilines is 1. The third kappa shape index (κ3) is 4.27. The fourth-order valence-electron chi connectivity index (χ4n) is 4.33. The molecule has 0 saturated heterocycles. The molecule has 0 saturated carbocycles. The second-order valence-corrected chi connectivity index (χ2v) is 10.4. The van der Waals surface area contributed by atoms with Gasteiger partial charge in [0.2, 0.25) is 5.82 Å². The van der Waals surface area contributed by atoms with Crippen molar-refractivity contribution >= 4 is 67.4 Å². The topological polar surface area (TPSA) is 66.6 Å². The molecule has 6 rings (SSSR count). The molecule has 6 nitrogen and oxygen atoms in total. The van der Waals surface area contributed by atoms with Gasteiger partial charge in [-0.1, -0.05) is 59.6 Å². The molecule has 0 atom stereocenters. The van der Waals surface area contributed by atoms with E-state index in [1.807, 2.05) is 41.8 Å². The van der Waals surface area contributed by atoms with Gasteiger partial charge in [-0.2, -0.15) is 0 Å². The number of aryl methyl sites for hydroxylation is 1. The van der Waals surface area contributed by atoms with E-state index >= 15 is 0 Å². The lowest BCUT2D eigenvalue weighted by Crippen LogP contribution is -2.40. The predicted molar refractivity (Wildman–Crippen MR) is 146 cm³/mol. The quantitative estimate of drug-likeness (QED) is 0.229. The molecule has 0 unspecified atom stereocenters. The molecule has 0 aliphatic rings. The highest BCUT2D eigenvalue weighted by Crippen LogP contribution is 2.37. The fourth-order valence-corrected chi connectivity index (χ4v) is 6.02. The van der Waals surface area contributed by atoms with E-state index in [0.717, 1.165) is 26.8 Å². The van der Waals surface area contributed by atoms with Gasteiger partial charge in [-0.05, 0) is 37.3 Å². The maximum absolute atomic E-state index is 14.6. The minimum atomic E-state index is -0.355. The number of para-hydroxylation sites is 2. The van der Waals surface area contributed by atoms with Crippen molar-refractivity contribution in [3.05, 3.63) is 105 Å². The molecule has 1 amide bonds. The second kappa shape index (κ2) is 9.30. The number of carbonyl (C=O) groups excluding carboxylic acids is 1. The minimum Gasteiger partial charge on any atom is -0.258 e. The average Bonchev–Trinajstić information content (AvgIpc) is 3.53. The Balaban J connectivity index is 1.43. The molecule has 37 heavy (non-hydrogen) atoms. The van der Waals surface area contributed by atoms with Crippen LogP contribution in [0.25, 0.3) is 27.1 Å². The van der Waals surface area contributed by atoms with Crippen LogP contribution in [0.4, 0.5) is 10.2 Å². The lowest BCUT2D eigenvalue weighted by molar-refractivity contribution is -0.650. The minimum absolute atomic E-state index is 0.254. The number of thiophene rings is 1. The number of hydrogen-bond donors (Lipinski definition) is 2. The standard InChI is InChI=1S/C27H18Cl2FN5OS/c1-15-12-23(32-26(36)25-24(29)18-11-10-17(28)13-22(18)37-25)35(33-15)27-31-20-8-4-5-9-21(20)34(27)14-16-6-2-3-7-19(16)30/h2-13H,14H2,1H3,(H,32,33,36)/p+1. The normalized spacial score (nSPS) is 11.5. The van der Waals surface area contributed by atoms with Crippen LogP contribution in [-0.2, 0) is 6.54 Å². The first-order chi connectivity index (χ1) is 17.9. The molecule has 0 bridgehead atoms. The molecule has 0 aliphatic heterocycles. The zero-order valence-electron chi connectivity index (χ0n) is 19.4. The number of benzene rings is 3. The Kier molecular flexibility index (Phi) is 5.95. The lowest BCUT2D eigenvalue weighted by Gasteiger charge is -2.07. The Bertz CT molecular complexity index is 1820. The Morgan fingerprint density at radius 2 is 1.89 bits per heavy atom. The third-order valence-corrected chi connectivity index (χ3v) is 7.93. The molecule has 0 fully saturated rings. The van der Waals surface area contributed by atoms with Gasteiger partial charge in [-0.15, -0.1) is 21.0 Å². The van der Waals surface area contributed by atoms with Gasteiger partial charge in [0.05, 0.1) is 11.6 Å². The number of imidazole rings is 1. The van der Waals surface area contributed by atoms with Gasteiger partial charge in [-0.3, -0.25) is 15.2 Å². The molecule has 6 aromatic rings. The van der Waals surface area contributed by atoms with Crippen LogP contribution >= 0.6 is 34.5 Å².